The minimum atomic E-state index is -4.22. The summed E-state index contributed by atoms with van der Waals surface area (Å²) in [7, 11) is -4.22. The molecule has 0 fully saturated rings. The molecule has 5 nitrogen and oxygen atoms in total. The van der Waals surface area contributed by atoms with Crippen LogP contribution in [0.15, 0.2) is 71.6 Å². The van der Waals surface area contributed by atoms with Gasteiger partial charge in [0, 0.05) is 11.4 Å². The molecule has 0 aliphatic heterocycles. The zero-order valence-corrected chi connectivity index (χ0v) is 13.5. The molecule has 24 heavy (non-hydrogen) atoms. The number of benzene rings is 3. The average molecular weight is 340 g/mol. The molecule has 0 saturated carbocycles. The summed E-state index contributed by atoms with van der Waals surface area (Å²) in [5.41, 5.74) is 16.5. The number of hydrogen-bond donors (Lipinski definition) is 3. The SMILES string of the molecule is Nc1ccc(-c2ccc(N)cc2-c2ccc(S(=O)(=O)O)cc2)cc1. The van der Waals surface area contributed by atoms with Crippen LogP contribution >= 0.6 is 0 Å². The molecule has 0 aromatic heterocycles. The van der Waals surface area contributed by atoms with E-state index in [9.17, 15) is 8.42 Å². The molecule has 5 N–H and O–H groups in total. The molecule has 3 aromatic rings. The van der Waals surface area contributed by atoms with Gasteiger partial charge in [-0.3, -0.25) is 4.55 Å². The van der Waals surface area contributed by atoms with Gasteiger partial charge in [0.25, 0.3) is 10.1 Å². The second-order valence-corrected chi connectivity index (χ2v) is 6.85. The molecular formula is C18H16N2O3S. The maximum atomic E-state index is 11.2. The molecule has 0 aliphatic carbocycles. The predicted molar refractivity (Wildman–Crippen MR) is 96.0 cm³/mol. The van der Waals surface area contributed by atoms with E-state index in [2.05, 4.69) is 0 Å². The zero-order valence-electron chi connectivity index (χ0n) is 12.7. The molecule has 6 heteroatoms. The largest absolute Gasteiger partial charge is 0.399 e. The first-order valence-electron chi connectivity index (χ1n) is 7.18. The molecular weight excluding hydrogens is 324 g/mol. The third kappa shape index (κ3) is 3.24. The van der Waals surface area contributed by atoms with E-state index in [1.807, 2.05) is 42.5 Å². The van der Waals surface area contributed by atoms with Crippen LogP contribution in [0.4, 0.5) is 11.4 Å². The quantitative estimate of drug-likeness (QED) is 0.500. The molecule has 0 spiro atoms. The van der Waals surface area contributed by atoms with Gasteiger partial charge in [-0.1, -0.05) is 30.3 Å². The Bertz CT molecular complexity index is 980. The van der Waals surface area contributed by atoms with Gasteiger partial charge in [0.1, 0.15) is 0 Å². The Labute approximate surface area is 140 Å². The van der Waals surface area contributed by atoms with Gasteiger partial charge in [-0.15, -0.1) is 0 Å². The molecule has 0 unspecified atom stereocenters. The summed E-state index contributed by atoms with van der Waals surface area (Å²) in [6, 6.07) is 19.0. The van der Waals surface area contributed by atoms with Crippen LogP contribution in [0.5, 0.6) is 0 Å². The van der Waals surface area contributed by atoms with Crippen LogP contribution in [0.1, 0.15) is 0 Å². The standard InChI is InChI=1S/C18H16N2O3S/c19-14-5-1-12(2-6-14)17-10-7-15(20)11-18(17)13-3-8-16(9-4-13)24(21,22)23/h1-11H,19-20H2,(H,21,22,23). The van der Waals surface area contributed by atoms with E-state index < -0.39 is 10.1 Å². The van der Waals surface area contributed by atoms with Crippen molar-refractivity contribution < 1.29 is 13.0 Å². The van der Waals surface area contributed by atoms with Crippen LogP contribution in [0.3, 0.4) is 0 Å². The highest BCUT2D eigenvalue weighted by molar-refractivity contribution is 7.85. The van der Waals surface area contributed by atoms with Crippen LogP contribution in [-0.4, -0.2) is 13.0 Å². The van der Waals surface area contributed by atoms with E-state index in [1.54, 1.807) is 12.1 Å². The molecule has 3 aromatic carbocycles. The predicted octanol–water partition coefficient (Wildman–Crippen LogP) is 3.43. The topological polar surface area (TPSA) is 106 Å². The van der Waals surface area contributed by atoms with Crippen molar-refractivity contribution in [1.29, 1.82) is 0 Å². The lowest BCUT2D eigenvalue weighted by Gasteiger charge is -2.12. The molecule has 0 heterocycles. The Morgan fingerprint density at radius 2 is 1.17 bits per heavy atom. The van der Waals surface area contributed by atoms with E-state index in [1.165, 1.54) is 12.1 Å². The van der Waals surface area contributed by atoms with Crippen molar-refractivity contribution in [3.8, 4) is 22.3 Å². The number of anilines is 2. The van der Waals surface area contributed by atoms with E-state index in [4.69, 9.17) is 16.0 Å². The van der Waals surface area contributed by atoms with Gasteiger partial charge in [-0.25, -0.2) is 0 Å². The molecule has 3 rings (SSSR count). The van der Waals surface area contributed by atoms with Gasteiger partial charge in [-0.2, -0.15) is 8.42 Å². The van der Waals surface area contributed by atoms with Crippen molar-refractivity contribution in [2.75, 3.05) is 11.5 Å². The Hall–Kier alpha value is -2.83. The minimum absolute atomic E-state index is 0.149. The summed E-state index contributed by atoms with van der Waals surface area (Å²) >= 11 is 0. The summed E-state index contributed by atoms with van der Waals surface area (Å²) in [5, 5.41) is 0. The third-order valence-electron chi connectivity index (χ3n) is 3.73. The first-order valence-corrected chi connectivity index (χ1v) is 8.62. The van der Waals surface area contributed by atoms with Crippen LogP contribution in [0.25, 0.3) is 22.3 Å². The lowest BCUT2D eigenvalue weighted by Crippen LogP contribution is -1.97. The van der Waals surface area contributed by atoms with E-state index >= 15 is 0 Å². The highest BCUT2D eigenvalue weighted by atomic mass is 32.2. The normalized spacial score (nSPS) is 11.4. The smallest absolute Gasteiger partial charge is 0.294 e. The summed E-state index contributed by atoms with van der Waals surface area (Å²) < 4.78 is 31.5. The fraction of sp³-hybridized carbons (Fsp3) is 0. The van der Waals surface area contributed by atoms with Gasteiger partial charge < -0.3 is 11.5 Å². The fourth-order valence-corrected chi connectivity index (χ4v) is 3.00. The first-order chi connectivity index (χ1) is 11.3. The van der Waals surface area contributed by atoms with Crippen molar-refractivity contribution in [3.05, 3.63) is 66.7 Å². The Kier molecular flexibility index (Phi) is 4.01. The molecule has 0 saturated heterocycles. The van der Waals surface area contributed by atoms with Crippen LogP contribution in [-0.2, 0) is 10.1 Å². The zero-order chi connectivity index (χ0) is 17.3. The van der Waals surface area contributed by atoms with Crippen LogP contribution in [0.2, 0.25) is 0 Å². The third-order valence-corrected chi connectivity index (χ3v) is 4.60. The highest BCUT2D eigenvalue weighted by Gasteiger charge is 2.12. The molecule has 0 atom stereocenters. The summed E-state index contributed by atoms with van der Waals surface area (Å²) in [5.74, 6) is 0. The van der Waals surface area contributed by atoms with Crippen molar-refractivity contribution in [2.24, 2.45) is 0 Å². The molecule has 0 amide bonds. The van der Waals surface area contributed by atoms with Crippen molar-refractivity contribution in [1.82, 2.24) is 0 Å². The first kappa shape index (κ1) is 16.0. The van der Waals surface area contributed by atoms with Gasteiger partial charge >= 0.3 is 0 Å². The van der Waals surface area contributed by atoms with Gasteiger partial charge in [-0.05, 0) is 58.7 Å². The Morgan fingerprint density at radius 1 is 0.667 bits per heavy atom. The van der Waals surface area contributed by atoms with Gasteiger partial charge in [0.2, 0.25) is 0 Å². The van der Waals surface area contributed by atoms with E-state index in [0.717, 1.165) is 22.3 Å². The van der Waals surface area contributed by atoms with Crippen molar-refractivity contribution in [2.45, 2.75) is 4.90 Å². The minimum Gasteiger partial charge on any atom is -0.399 e. The second kappa shape index (κ2) is 5.99. The fourth-order valence-electron chi connectivity index (χ4n) is 2.52. The molecule has 0 aliphatic rings. The maximum Gasteiger partial charge on any atom is 0.294 e. The van der Waals surface area contributed by atoms with Crippen molar-refractivity contribution >= 4 is 21.5 Å². The maximum absolute atomic E-state index is 11.2. The molecule has 122 valence electrons. The van der Waals surface area contributed by atoms with Crippen molar-refractivity contribution in [3.63, 3.8) is 0 Å². The summed E-state index contributed by atoms with van der Waals surface area (Å²) in [4.78, 5) is -0.149. The van der Waals surface area contributed by atoms with Gasteiger partial charge in [0.15, 0.2) is 0 Å². The van der Waals surface area contributed by atoms with Crippen LogP contribution < -0.4 is 11.5 Å². The molecule has 0 radical (unpaired) electrons. The van der Waals surface area contributed by atoms with Crippen LogP contribution in [0, 0.1) is 0 Å². The molecule has 0 bridgehead atoms. The average Bonchev–Trinajstić information content (AvgIpc) is 2.55. The lowest BCUT2D eigenvalue weighted by molar-refractivity contribution is 0.483. The Morgan fingerprint density at radius 3 is 1.75 bits per heavy atom. The second-order valence-electron chi connectivity index (χ2n) is 5.43. The number of nitrogen functional groups attached to an aromatic ring is 2. The number of nitrogens with two attached hydrogens (primary N) is 2. The highest BCUT2D eigenvalue weighted by Crippen LogP contribution is 2.34. The monoisotopic (exact) mass is 340 g/mol. The van der Waals surface area contributed by atoms with E-state index in [-0.39, 0.29) is 4.90 Å². The van der Waals surface area contributed by atoms with E-state index in [0.29, 0.717) is 11.4 Å². The lowest BCUT2D eigenvalue weighted by atomic mass is 9.94. The summed E-state index contributed by atoms with van der Waals surface area (Å²) in [6.45, 7) is 0. The number of rotatable bonds is 3. The number of hydrogen-bond acceptors (Lipinski definition) is 4. The Balaban J connectivity index is 2.13. The summed E-state index contributed by atoms with van der Waals surface area (Å²) in [6.07, 6.45) is 0. The van der Waals surface area contributed by atoms with Gasteiger partial charge in [0.05, 0.1) is 4.90 Å².